The maximum absolute atomic E-state index is 8.86. The van der Waals surface area contributed by atoms with Crippen LogP contribution in [0.15, 0.2) is 12.2 Å². The fraction of sp³-hybridized carbons (Fsp3) is 0.750. The third-order valence-electron chi connectivity index (χ3n) is 1.88. The van der Waals surface area contributed by atoms with Crippen molar-refractivity contribution >= 4 is 0 Å². The molecule has 0 bridgehead atoms. The highest BCUT2D eigenvalue weighted by Gasteiger charge is 2.22. The fourth-order valence-corrected chi connectivity index (χ4v) is 1.07. The molecule has 1 rings (SSSR count). The number of aliphatic hydroxyl groups excluding tert-OH is 1. The van der Waals surface area contributed by atoms with Gasteiger partial charge in [-0.05, 0) is 6.08 Å². The zero-order chi connectivity index (χ0) is 8.27. The first-order valence-electron chi connectivity index (χ1n) is 3.75. The molecule has 0 saturated heterocycles. The molecule has 0 radical (unpaired) electrons. The summed E-state index contributed by atoms with van der Waals surface area (Å²) in [7, 11) is 1.58. The van der Waals surface area contributed by atoms with E-state index in [0.717, 1.165) is 0 Å². The Morgan fingerprint density at radius 3 is 2.82 bits per heavy atom. The summed E-state index contributed by atoms with van der Waals surface area (Å²) in [6, 6.07) is 0. The van der Waals surface area contributed by atoms with Crippen molar-refractivity contribution < 1.29 is 14.6 Å². The Kier molecular flexibility index (Phi) is 3.05. The van der Waals surface area contributed by atoms with Gasteiger partial charge in [-0.1, -0.05) is 13.0 Å². The van der Waals surface area contributed by atoms with Gasteiger partial charge in [-0.25, -0.2) is 0 Å². The van der Waals surface area contributed by atoms with Gasteiger partial charge in [0, 0.05) is 13.0 Å². The first-order valence-corrected chi connectivity index (χ1v) is 3.75. The van der Waals surface area contributed by atoms with E-state index in [-0.39, 0.29) is 24.9 Å². The van der Waals surface area contributed by atoms with Crippen LogP contribution < -0.4 is 0 Å². The molecule has 0 aromatic heterocycles. The molecule has 1 heterocycles. The highest BCUT2D eigenvalue weighted by atomic mass is 16.7. The molecule has 11 heavy (non-hydrogen) atoms. The van der Waals surface area contributed by atoms with Gasteiger partial charge >= 0.3 is 0 Å². The zero-order valence-corrected chi connectivity index (χ0v) is 6.86. The van der Waals surface area contributed by atoms with E-state index in [1.807, 2.05) is 19.1 Å². The van der Waals surface area contributed by atoms with Crippen LogP contribution >= 0.6 is 0 Å². The van der Waals surface area contributed by atoms with Crippen LogP contribution in [0.1, 0.15) is 6.92 Å². The summed E-state index contributed by atoms with van der Waals surface area (Å²) < 4.78 is 10.3. The smallest absolute Gasteiger partial charge is 0.176 e. The van der Waals surface area contributed by atoms with Crippen LogP contribution in [0.4, 0.5) is 0 Å². The second-order valence-electron chi connectivity index (χ2n) is 2.71. The van der Waals surface area contributed by atoms with Crippen LogP contribution in [-0.2, 0) is 9.47 Å². The number of ether oxygens (including phenoxy) is 2. The zero-order valence-electron chi connectivity index (χ0n) is 6.86. The first-order chi connectivity index (χ1) is 5.27. The summed E-state index contributed by atoms with van der Waals surface area (Å²) in [6.07, 6.45) is 3.45. The van der Waals surface area contributed by atoms with Crippen molar-refractivity contribution in [3.8, 4) is 0 Å². The SMILES string of the molecule is CO[C@@H]1C=C[C@@H](C)[C@@H](CO)O1. The molecule has 1 N–H and O–H groups in total. The van der Waals surface area contributed by atoms with Crippen molar-refractivity contribution in [2.24, 2.45) is 5.92 Å². The van der Waals surface area contributed by atoms with Gasteiger partial charge in [0.1, 0.15) is 0 Å². The first kappa shape index (κ1) is 8.71. The highest BCUT2D eigenvalue weighted by Crippen LogP contribution is 2.17. The Balaban J connectivity index is 2.52. The summed E-state index contributed by atoms with van der Waals surface area (Å²) in [6.45, 7) is 2.05. The molecule has 0 aliphatic carbocycles. The molecular weight excluding hydrogens is 144 g/mol. The third-order valence-corrected chi connectivity index (χ3v) is 1.88. The molecule has 0 amide bonds. The van der Waals surface area contributed by atoms with E-state index in [0.29, 0.717) is 0 Å². The minimum absolute atomic E-state index is 0.0470. The van der Waals surface area contributed by atoms with Gasteiger partial charge in [0.05, 0.1) is 12.7 Å². The Bertz CT molecular complexity index is 144. The Morgan fingerprint density at radius 2 is 2.27 bits per heavy atom. The van der Waals surface area contributed by atoms with Crippen LogP contribution in [0.2, 0.25) is 0 Å². The van der Waals surface area contributed by atoms with Crippen molar-refractivity contribution in [1.29, 1.82) is 0 Å². The summed E-state index contributed by atoms with van der Waals surface area (Å²) in [4.78, 5) is 0. The molecule has 64 valence electrons. The van der Waals surface area contributed by atoms with Crippen LogP contribution in [0.25, 0.3) is 0 Å². The van der Waals surface area contributed by atoms with Crippen molar-refractivity contribution in [3.63, 3.8) is 0 Å². The van der Waals surface area contributed by atoms with Crippen molar-refractivity contribution in [3.05, 3.63) is 12.2 Å². The third kappa shape index (κ3) is 2.02. The average molecular weight is 158 g/mol. The van der Waals surface area contributed by atoms with E-state index >= 15 is 0 Å². The minimum atomic E-state index is -0.289. The molecule has 0 saturated carbocycles. The van der Waals surface area contributed by atoms with Crippen LogP contribution in [-0.4, -0.2) is 31.2 Å². The number of hydrogen-bond acceptors (Lipinski definition) is 3. The Morgan fingerprint density at radius 1 is 1.55 bits per heavy atom. The van der Waals surface area contributed by atoms with Gasteiger partial charge in [-0.2, -0.15) is 0 Å². The maximum Gasteiger partial charge on any atom is 0.176 e. The summed E-state index contributed by atoms with van der Waals surface area (Å²) >= 11 is 0. The second-order valence-corrected chi connectivity index (χ2v) is 2.71. The van der Waals surface area contributed by atoms with Gasteiger partial charge in [-0.3, -0.25) is 0 Å². The van der Waals surface area contributed by atoms with E-state index in [9.17, 15) is 0 Å². The Hall–Kier alpha value is -0.380. The van der Waals surface area contributed by atoms with E-state index < -0.39 is 0 Å². The number of hydrogen-bond donors (Lipinski definition) is 1. The lowest BCUT2D eigenvalue weighted by Gasteiger charge is -2.28. The molecule has 3 heteroatoms. The van der Waals surface area contributed by atoms with E-state index in [1.54, 1.807) is 7.11 Å². The quantitative estimate of drug-likeness (QED) is 0.596. The Labute approximate surface area is 66.6 Å². The summed E-state index contributed by atoms with van der Waals surface area (Å²) in [5, 5.41) is 8.86. The molecular formula is C8H14O3. The number of rotatable bonds is 2. The number of aliphatic hydroxyl groups is 1. The monoisotopic (exact) mass is 158 g/mol. The van der Waals surface area contributed by atoms with Crippen LogP contribution in [0.3, 0.4) is 0 Å². The molecule has 0 aromatic rings. The molecule has 0 fully saturated rings. The maximum atomic E-state index is 8.86. The average Bonchev–Trinajstić information content (AvgIpc) is 2.05. The van der Waals surface area contributed by atoms with Gasteiger partial charge in [0.15, 0.2) is 6.29 Å². The standard InChI is InChI=1S/C8H14O3/c1-6-3-4-8(10-2)11-7(6)5-9/h3-4,6-9H,5H2,1-2H3/t6-,7-,8+/m1/s1. The highest BCUT2D eigenvalue weighted by molar-refractivity contribution is 4.97. The molecule has 0 unspecified atom stereocenters. The fourth-order valence-electron chi connectivity index (χ4n) is 1.07. The lowest BCUT2D eigenvalue weighted by atomic mass is 10.0. The molecule has 0 spiro atoms. The van der Waals surface area contributed by atoms with Crippen LogP contribution in [0, 0.1) is 5.92 Å². The largest absolute Gasteiger partial charge is 0.394 e. The number of methoxy groups -OCH3 is 1. The molecule has 3 atom stereocenters. The lowest BCUT2D eigenvalue weighted by Crippen LogP contribution is -2.33. The topological polar surface area (TPSA) is 38.7 Å². The predicted molar refractivity (Wildman–Crippen MR) is 41.1 cm³/mol. The van der Waals surface area contributed by atoms with E-state index in [2.05, 4.69) is 0 Å². The normalized spacial score (nSPS) is 37.5. The lowest BCUT2D eigenvalue weighted by molar-refractivity contribution is -0.153. The van der Waals surface area contributed by atoms with Gasteiger partial charge in [-0.15, -0.1) is 0 Å². The second kappa shape index (κ2) is 3.85. The van der Waals surface area contributed by atoms with Gasteiger partial charge in [0.25, 0.3) is 0 Å². The van der Waals surface area contributed by atoms with Crippen molar-refractivity contribution in [1.82, 2.24) is 0 Å². The summed E-state index contributed by atoms with van der Waals surface area (Å²) in [5.74, 6) is 0.270. The van der Waals surface area contributed by atoms with Crippen molar-refractivity contribution in [2.75, 3.05) is 13.7 Å². The molecule has 3 nitrogen and oxygen atoms in total. The van der Waals surface area contributed by atoms with Crippen LogP contribution in [0.5, 0.6) is 0 Å². The summed E-state index contributed by atoms with van der Waals surface area (Å²) in [5.41, 5.74) is 0. The van der Waals surface area contributed by atoms with Crippen molar-refractivity contribution in [2.45, 2.75) is 19.3 Å². The predicted octanol–water partition coefficient (Wildman–Crippen LogP) is 0.542. The van der Waals surface area contributed by atoms with E-state index in [1.165, 1.54) is 0 Å². The minimum Gasteiger partial charge on any atom is -0.394 e. The van der Waals surface area contributed by atoms with Gasteiger partial charge < -0.3 is 14.6 Å². The molecule has 0 aromatic carbocycles. The van der Waals surface area contributed by atoms with Gasteiger partial charge in [0.2, 0.25) is 0 Å². The molecule has 1 aliphatic heterocycles. The van der Waals surface area contributed by atoms with E-state index in [4.69, 9.17) is 14.6 Å². The molecule has 1 aliphatic rings.